The number of hydrogen-bond acceptors (Lipinski definition) is 0. The molecular formula is Ag2CuSn. The van der Waals surface area contributed by atoms with Gasteiger partial charge in [-0.25, -0.2) is 0 Å². The van der Waals surface area contributed by atoms with Crippen molar-refractivity contribution in [1.82, 2.24) is 0 Å². The Hall–Kier alpha value is 2.80. The summed E-state index contributed by atoms with van der Waals surface area (Å²) in [5.74, 6) is 0. The zero-order valence-electron chi connectivity index (χ0n) is 1.40. The van der Waals surface area contributed by atoms with E-state index in [0.29, 0.717) is 0 Å². The molecule has 0 aliphatic heterocycles. The van der Waals surface area contributed by atoms with Crippen molar-refractivity contribution in [3.63, 3.8) is 0 Å². The van der Waals surface area contributed by atoms with Gasteiger partial charge in [-0.2, -0.15) is 0 Å². The van der Waals surface area contributed by atoms with Crippen LogP contribution in [0.5, 0.6) is 0 Å². The molecule has 7 radical (unpaired) electrons. The van der Waals surface area contributed by atoms with Gasteiger partial charge in [0, 0.05) is 85.7 Å². The van der Waals surface area contributed by atoms with E-state index in [4.69, 9.17) is 0 Å². The van der Waals surface area contributed by atoms with Gasteiger partial charge in [0.25, 0.3) is 0 Å². The molecule has 0 amide bonds. The Bertz CT molecular complexity index is 6.00. The largest absolute Gasteiger partial charge is 0 e. The van der Waals surface area contributed by atoms with Gasteiger partial charge >= 0.3 is 0 Å². The predicted molar refractivity (Wildman–Crippen MR) is 5.75 cm³/mol. The van der Waals surface area contributed by atoms with Gasteiger partial charge in [0.05, 0.1) is 0 Å². The van der Waals surface area contributed by atoms with Crippen molar-refractivity contribution in [1.29, 1.82) is 0 Å². The Morgan fingerprint density at radius 3 is 0.750 bits per heavy atom. The van der Waals surface area contributed by atoms with Crippen LogP contribution in [-0.4, -0.2) is 23.9 Å². The Kier molecular flexibility index (Phi) is 124. The molecule has 0 heterocycles. The molecule has 0 bridgehead atoms. The van der Waals surface area contributed by atoms with Crippen molar-refractivity contribution in [3.8, 4) is 0 Å². The molecule has 0 atom stereocenters. The Balaban J connectivity index is 0. The number of hydrogen-bond donors (Lipinski definition) is 0. The maximum Gasteiger partial charge on any atom is 0 e. The first-order valence-corrected chi connectivity index (χ1v) is 0. The molecule has 0 fully saturated rings. The van der Waals surface area contributed by atoms with Crippen molar-refractivity contribution in [3.05, 3.63) is 0 Å². The van der Waals surface area contributed by atoms with E-state index in [1.165, 1.54) is 0 Å². The second-order valence-electron chi connectivity index (χ2n) is 0. The third kappa shape index (κ3) is 8.84. The van der Waals surface area contributed by atoms with Gasteiger partial charge in [-0.05, 0) is 0 Å². The van der Waals surface area contributed by atoms with Gasteiger partial charge in [-0.15, -0.1) is 0 Å². The topological polar surface area (TPSA) is 0 Å². The van der Waals surface area contributed by atoms with E-state index >= 15 is 0 Å². The van der Waals surface area contributed by atoms with Crippen LogP contribution in [0.3, 0.4) is 0 Å². The minimum atomic E-state index is 0. The number of rotatable bonds is 0. The van der Waals surface area contributed by atoms with Gasteiger partial charge in [-0.1, -0.05) is 0 Å². The molecule has 0 aromatic carbocycles. The standard InChI is InChI=1S/2Ag.Cu.Sn. The van der Waals surface area contributed by atoms with Crippen LogP contribution in [0.4, 0.5) is 0 Å². The summed E-state index contributed by atoms with van der Waals surface area (Å²) >= 11 is 0. The summed E-state index contributed by atoms with van der Waals surface area (Å²) in [6.45, 7) is 0. The molecule has 0 nitrogen and oxygen atoms in total. The molecule has 0 rings (SSSR count). The van der Waals surface area contributed by atoms with Gasteiger partial charge < -0.3 is 0 Å². The van der Waals surface area contributed by atoms with E-state index < -0.39 is 0 Å². The van der Waals surface area contributed by atoms with E-state index in [2.05, 4.69) is 0 Å². The Morgan fingerprint density at radius 2 is 0.750 bits per heavy atom. The van der Waals surface area contributed by atoms with E-state index in [9.17, 15) is 0 Å². The van der Waals surface area contributed by atoms with E-state index in [1.54, 1.807) is 0 Å². The van der Waals surface area contributed by atoms with E-state index in [1.807, 2.05) is 0 Å². The average molecular weight is 398 g/mol. The average Bonchev–Trinajstić information content (AvgIpc) is 0. The van der Waals surface area contributed by atoms with Crippen LogP contribution >= 0.6 is 0 Å². The smallest absolute Gasteiger partial charge is 0 e. The van der Waals surface area contributed by atoms with Crippen LogP contribution < -0.4 is 0 Å². The molecule has 0 saturated heterocycles. The van der Waals surface area contributed by atoms with E-state index in [0.717, 1.165) is 0 Å². The van der Waals surface area contributed by atoms with Crippen molar-refractivity contribution >= 4 is 23.9 Å². The van der Waals surface area contributed by atoms with Gasteiger partial charge in [0.1, 0.15) is 0 Å². The maximum absolute atomic E-state index is 0. The molecule has 0 spiro atoms. The normalized spacial score (nSPS) is 0. The van der Waals surface area contributed by atoms with Gasteiger partial charge in [-0.3, -0.25) is 0 Å². The van der Waals surface area contributed by atoms with Crippen LogP contribution in [0.1, 0.15) is 0 Å². The van der Waals surface area contributed by atoms with Crippen LogP contribution in [0.2, 0.25) is 0 Å². The summed E-state index contributed by atoms with van der Waals surface area (Å²) in [7, 11) is 0. The monoisotopic (exact) mass is 397 g/mol. The van der Waals surface area contributed by atoms with Crippen molar-refractivity contribution in [2.45, 2.75) is 0 Å². The molecule has 0 aromatic heterocycles. The molecule has 0 unspecified atom stereocenters. The van der Waals surface area contributed by atoms with Gasteiger partial charge in [0.2, 0.25) is 0 Å². The summed E-state index contributed by atoms with van der Waals surface area (Å²) in [6, 6.07) is 0. The minimum absolute atomic E-state index is 0. The van der Waals surface area contributed by atoms with Crippen molar-refractivity contribution in [2.24, 2.45) is 0 Å². The Morgan fingerprint density at radius 1 is 0.750 bits per heavy atom. The summed E-state index contributed by atoms with van der Waals surface area (Å²) in [6.07, 6.45) is 0. The molecule has 0 saturated carbocycles. The predicted octanol–water partition coefficient (Wildman–Crippen LogP) is -0.388. The molecule has 4 heteroatoms. The molecule has 37 valence electrons. The SMILES string of the molecule is [Ag].[Ag].[Cu].[Sn]. The second kappa shape index (κ2) is 17.0. The molecule has 0 N–H and O–H groups in total. The third-order valence-electron chi connectivity index (χ3n) is 0. The zero-order valence-corrected chi connectivity index (χ0v) is 8.16. The summed E-state index contributed by atoms with van der Waals surface area (Å²) in [5, 5.41) is 0. The molecule has 0 aromatic rings. The maximum atomic E-state index is 0. The second-order valence-corrected chi connectivity index (χ2v) is 0. The van der Waals surface area contributed by atoms with Crippen molar-refractivity contribution in [2.75, 3.05) is 0 Å². The fourth-order valence-electron chi connectivity index (χ4n) is 0. The quantitative estimate of drug-likeness (QED) is 0.488. The molecule has 0 aliphatic carbocycles. The summed E-state index contributed by atoms with van der Waals surface area (Å²) in [4.78, 5) is 0. The first-order chi connectivity index (χ1) is 0. The van der Waals surface area contributed by atoms with Crippen LogP contribution in [-0.2, 0) is 61.8 Å². The third-order valence-corrected chi connectivity index (χ3v) is 0. The fourth-order valence-corrected chi connectivity index (χ4v) is 0. The summed E-state index contributed by atoms with van der Waals surface area (Å²) < 4.78 is 0. The molecular weight excluding hydrogens is 398 g/mol. The Labute approximate surface area is 84.3 Å². The zero-order chi connectivity index (χ0) is 0. The summed E-state index contributed by atoms with van der Waals surface area (Å²) in [5.41, 5.74) is 0. The van der Waals surface area contributed by atoms with Crippen LogP contribution in [0, 0.1) is 0 Å². The van der Waals surface area contributed by atoms with Crippen LogP contribution in [0.25, 0.3) is 0 Å². The molecule has 0 aliphatic rings. The molecule has 4 heavy (non-hydrogen) atoms. The first-order valence-electron chi connectivity index (χ1n) is 0. The van der Waals surface area contributed by atoms with Crippen molar-refractivity contribution < 1.29 is 61.8 Å². The minimum Gasteiger partial charge on any atom is 0 e. The van der Waals surface area contributed by atoms with Crippen LogP contribution in [0.15, 0.2) is 0 Å². The van der Waals surface area contributed by atoms with Gasteiger partial charge in [0.15, 0.2) is 0 Å². The van der Waals surface area contributed by atoms with E-state index in [-0.39, 0.29) is 85.7 Å². The fraction of sp³-hybridized carbons (Fsp3) is 0. The first kappa shape index (κ1) is 29.2.